The smallest absolute Gasteiger partial charge is 0.264 e. The van der Waals surface area contributed by atoms with Gasteiger partial charge in [-0.2, -0.15) is 8.42 Å². The molecular weight excluding hydrogens is 220 g/mol. The van der Waals surface area contributed by atoms with Crippen molar-refractivity contribution < 1.29 is 22.1 Å². The Morgan fingerprint density at radius 3 is 2.13 bits per heavy atom. The van der Waals surface area contributed by atoms with E-state index in [9.17, 15) is 8.42 Å². The number of ether oxygens (including phenoxy) is 2. The molecule has 1 heterocycles. The Kier molecular flexibility index (Phi) is 3.17. The Bertz CT molecular complexity index is 330. The highest BCUT2D eigenvalue weighted by molar-refractivity contribution is 7.85. The van der Waals surface area contributed by atoms with Crippen molar-refractivity contribution in [3.05, 3.63) is 0 Å². The minimum atomic E-state index is -3.43. The van der Waals surface area contributed by atoms with E-state index in [0.29, 0.717) is 0 Å². The highest BCUT2D eigenvalue weighted by Crippen LogP contribution is 2.36. The maximum atomic E-state index is 10.8. The first-order valence-electron chi connectivity index (χ1n) is 4.74. The van der Waals surface area contributed by atoms with Crippen molar-refractivity contribution in [3.63, 3.8) is 0 Å². The van der Waals surface area contributed by atoms with Gasteiger partial charge >= 0.3 is 0 Å². The number of rotatable bonds is 3. The first-order chi connectivity index (χ1) is 6.52. The van der Waals surface area contributed by atoms with E-state index < -0.39 is 21.5 Å². The van der Waals surface area contributed by atoms with Crippen LogP contribution in [0.2, 0.25) is 0 Å². The van der Waals surface area contributed by atoms with Gasteiger partial charge in [-0.1, -0.05) is 0 Å². The minimum Gasteiger partial charge on any atom is -0.342 e. The lowest BCUT2D eigenvalue weighted by molar-refractivity contribution is -0.158. The van der Waals surface area contributed by atoms with E-state index in [2.05, 4.69) is 0 Å². The van der Waals surface area contributed by atoms with Crippen molar-refractivity contribution >= 4 is 10.1 Å². The molecule has 5 nitrogen and oxygen atoms in total. The zero-order chi connectivity index (χ0) is 11.9. The van der Waals surface area contributed by atoms with Crippen LogP contribution < -0.4 is 0 Å². The lowest BCUT2D eigenvalue weighted by Gasteiger charge is -2.23. The summed E-state index contributed by atoms with van der Waals surface area (Å²) in [6, 6.07) is 0. The van der Waals surface area contributed by atoms with Crippen LogP contribution in [0, 0.1) is 0 Å². The third kappa shape index (κ3) is 3.71. The summed E-state index contributed by atoms with van der Waals surface area (Å²) in [4.78, 5) is 0. The summed E-state index contributed by atoms with van der Waals surface area (Å²) < 4.78 is 37.6. The maximum absolute atomic E-state index is 10.8. The Balaban J connectivity index is 2.64. The standard InChI is InChI=1S/C9H18O5S/c1-8(2)7(6-12-15(5,10)11)13-9(3,4)14-8/h7H,6H2,1-5H3. The average molecular weight is 238 g/mol. The molecule has 6 heteroatoms. The third-order valence-electron chi connectivity index (χ3n) is 2.14. The molecule has 0 aliphatic carbocycles. The second-order valence-corrected chi connectivity index (χ2v) is 6.34. The molecule has 0 bridgehead atoms. The van der Waals surface area contributed by atoms with Crippen LogP contribution in [-0.2, 0) is 23.8 Å². The molecule has 1 rings (SSSR count). The van der Waals surface area contributed by atoms with Gasteiger partial charge in [-0.15, -0.1) is 0 Å². The van der Waals surface area contributed by atoms with Gasteiger partial charge in [0.05, 0.1) is 18.5 Å². The van der Waals surface area contributed by atoms with E-state index in [-0.39, 0.29) is 12.7 Å². The minimum absolute atomic E-state index is 0.0186. The van der Waals surface area contributed by atoms with E-state index >= 15 is 0 Å². The molecule has 15 heavy (non-hydrogen) atoms. The van der Waals surface area contributed by atoms with Crippen LogP contribution in [0.25, 0.3) is 0 Å². The van der Waals surface area contributed by atoms with Crippen LogP contribution in [0.5, 0.6) is 0 Å². The Labute approximate surface area is 90.8 Å². The highest BCUT2D eigenvalue weighted by Gasteiger charge is 2.47. The van der Waals surface area contributed by atoms with Crippen LogP contribution in [-0.4, -0.2) is 38.8 Å². The van der Waals surface area contributed by atoms with Crippen molar-refractivity contribution in [1.82, 2.24) is 0 Å². The summed E-state index contributed by atoms with van der Waals surface area (Å²) in [7, 11) is -3.43. The molecule has 1 saturated heterocycles. The second kappa shape index (κ2) is 3.69. The van der Waals surface area contributed by atoms with E-state index in [0.717, 1.165) is 6.26 Å². The molecule has 0 amide bonds. The van der Waals surface area contributed by atoms with E-state index in [1.807, 2.05) is 13.8 Å². The fourth-order valence-corrected chi connectivity index (χ4v) is 2.00. The molecule has 1 unspecified atom stereocenters. The lowest BCUT2D eigenvalue weighted by Crippen LogP contribution is -2.37. The van der Waals surface area contributed by atoms with Gasteiger partial charge in [0, 0.05) is 0 Å². The molecule has 1 atom stereocenters. The molecule has 0 spiro atoms. The van der Waals surface area contributed by atoms with Crippen LogP contribution in [0.4, 0.5) is 0 Å². The van der Waals surface area contributed by atoms with E-state index in [1.54, 1.807) is 13.8 Å². The molecule has 1 aliphatic heterocycles. The SMILES string of the molecule is CC1(C)OC(COS(C)(=O)=O)C(C)(C)O1. The molecular formula is C9H18O5S. The summed E-state index contributed by atoms with van der Waals surface area (Å²) in [6.45, 7) is 7.25. The molecule has 0 aromatic carbocycles. The molecule has 0 saturated carbocycles. The fraction of sp³-hybridized carbons (Fsp3) is 1.00. The molecule has 1 aliphatic rings. The van der Waals surface area contributed by atoms with Gasteiger partial charge < -0.3 is 9.47 Å². The van der Waals surface area contributed by atoms with E-state index in [4.69, 9.17) is 13.7 Å². The molecule has 1 fully saturated rings. The Morgan fingerprint density at radius 1 is 1.27 bits per heavy atom. The summed E-state index contributed by atoms with van der Waals surface area (Å²) in [5.74, 6) is -0.699. The second-order valence-electron chi connectivity index (χ2n) is 4.70. The average Bonchev–Trinajstić information content (AvgIpc) is 2.13. The molecule has 0 radical (unpaired) electrons. The molecule has 90 valence electrons. The topological polar surface area (TPSA) is 61.8 Å². The lowest BCUT2D eigenvalue weighted by atomic mass is 10.0. The molecule has 0 aromatic rings. The molecule has 0 N–H and O–H groups in total. The van der Waals surface area contributed by atoms with Gasteiger partial charge in [0.15, 0.2) is 5.79 Å². The Morgan fingerprint density at radius 2 is 1.80 bits per heavy atom. The first-order valence-corrected chi connectivity index (χ1v) is 6.56. The van der Waals surface area contributed by atoms with Crippen molar-refractivity contribution in [1.29, 1.82) is 0 Å². The van der Waals surface area contributed by atoms with E-state index in [1.165, 1.54) is 0 Å². The quantitative estimate of drug-likeness (QED) is 0.683. The van der Waals surface area contributed by atoms with Gasteiger partial charge in [-0.05, 0) is 27.7 Å². The van der Waals surface area contributed by atoms with Crippen LogP contribution >= 0.6 is 0 Å². The van der Waals surface area contributed by atoms with Crippen LogP contribution in [0.3, 0.4) is 0 Å². The summed E-state index contributed by atoms with van der Waals surface area (Å²) in [5, 5.41) is 0. The van der Waals surface area contributed by atoms with Crippen molar-refractivity contribution in [2.45, 2.75) is 45.2 Å². The predicted molar refractivity (Wildman–Crippen MR) is 54.9 cm³/mol. The summed E-state index contributed by atoms with van der Waals surface area (Å²) in [5.41, 5.74) is -0.547. The molecule has 0 aromatic heterocycles. The Hall–Kier alpha value is -0.170. The normalized spacial score (nSPS) is 29.3. The zero-order valence-electron chi connectivity index (χ0n) is 9.73. The van der Waals surface area contributed by atoms with Crippen molar-refractivity contribution in [2.24, 2.45) is 0 Å². The third-order valence-corrected chi connectivity index (χ3v) is 2.71. The first kappa shape index (κ1) is 12.9. The van der Waals surface area contributed by atoms with Crippen LogP contribution in [0.15, 0.2) is 0 Å². The van der Waals surface area contributed by atoms with Crippen LogP contribution in [0.1, 0.15) is 27.7 Å². The number of hydrogen-bond donors (Lipinski definition) is 0. The van der Waals surface area contributed by atoms with Gasteiger partial charge in [-0.3, -0.25) is 4.18 Å². The monoisotopic (exact) mass is 238 g/mol. The largest absolute Gasteiger partial charge is 0.342 e. The summed E-state index contributed by atoms with van der Waals surface area (Å²) >= 11 is 0. The van der Waals surface area contributed by atoms with Gasteiger partial charge in [-0.25, -0.2) is 0 Å². The predicted octanol–water partition coefficient (Wildman–Crippen LogP) is 0.893. The fourth-order valence-electron chi connectivity index (χ4n) is 1.63. The maximum Gasteiger partial charge on any atom is 0.264 e. The van der Waals surface area contributed by atoms with Crippen molar-refractivity contribution in [2.75, 3.05) is 12.9 Å². The summed E-state index contributed by atoms with van der Waals surface area (Å²) in [6.07, 6.45) is 0.628. The van der Waals surface area contributed by atoms with Crippen molar-refractivity contribution in [3.8, 4) is 0 Å². The highest BCUT2D eigenvalue weighted by atomic mass is 32.2. The zero-order valence-corrected chi connectivity index (χ0v) is 10.6. The van der Waals surface area contributed by atoms with Gasteiger partial charge in [0.25, 0.3) is 10.1 Å². The number of hydrogen-bond acceptors (Lipinski definition) is 5. The van der Waals surface area contributed by atoms with Gasteiger partial charge in [0.1, 0.15) is 6.10 Å². The van der Waals surface area contributed by atoms with Gasteiger partial charge in [0.2, 0.25) is 0 Å².